The molecule has 1 N–H and O–H groups in total. The number of aliphatic hydroxyl groups excluding tert-OH is 1. The molecule has 0 radical (unpaired) electrons. The first-order valence-corrected chi connectivity index (χ1v) is 8.93. The smallest absolute Gasteiger partial charge is 0.261 e. The molecule has 0 saturated heterocycles. The summed E-state index contributed by atoms with van der Waals surface area (Å²) in [5.41, 5.74) is 2.31. The van der Waals surface area contributed by atoms with Gasteiger partial charge in [0.15, 0.2) is 0 Å². The van der Waals surface area contributed by atoms with Gasteiger partial charge in [0, 0.05) is 22.9 Å². The SMILES string of the molecule is CN(C)CCCN1C(=O)c2cccc3c2c(cc2nnn(CCO)c23)C1=O. The van der Waals surface area contributed by atoms with E-state index in [0.29, 0.717) is 41.5 Å². The average Bonchev–Trinajstić information content (AvgIpc) is 3.05. The average molecular weight is 367 g/mol. The van der Waals surface area contributed by atoms with Gasteiger partial charge < -0.3 is 10.0 Å². The molecule has 1 aromatic heterocycles. The van der Waals surface area contributed by atoms with Crippen LogP contribution in [0.3, 0.4) is 0 Å². The van der Waals surface area contributed by atoms with Crippen LogP contribution in [0, 0.1) is 0 Å². The highest BCUT2D eigenvalue weighted by molar-refractivity contribution is 6.28. The van der Waals surface area contributed by atoms with Gasteiger partial charge >= 0.3 is 0 Å². The zero-order valence-corrected chi connectivity index (χ0v) is 15.3. The lowest BCUT2D eigenvalue weighted by atomic mass is 9.93. The molecule has 3 aromatic rings. The Hall–Kier alpha value is -2.84. The number of benzene rings is 2. The van der Waals surface area contributed by atoms with Crippen LogP contribution >= 0.6 is 0 Å². The maximum Gasteiger partial charge on any atom is 0.261 e. The summed E-state index contributed by atoms with van der Waals surface area (Å²) in [4.78, 5) is 29.4. The third-order valence-electron chi connectivity index (χ3n) is 4.88. The fourth-order valence-corrected chi connectivity index (χ4v) is 3.68. The largest absolute Gasteiger partial charge is 0.394 e. The molecule has 2 aromatic carbocycles. The van der Waals surface area contributed by atoms with Crippen molar-refractivity contribution in [2.75, 3.05) is 33.8 Å². The molecule has 0 atom stereocenters. The van der Waals surface area contributed by atoms with Crippen LogP contribution < -0.4 is 0 Å². The van der Waals surface area contributed by atoms with E-state index in [1.165, 1.54) is 4.90 Å². The van der Waals surface area contributed by atoms with E-state index in [9.17, 15) is 14.7 Å². The van der Waals surface area contributed by atoms with Gasteiger partial charge in [0.05, 0.1) is 24.2 Å². The first kappa shape index (κ1) is 17.6. The van der Waals surface area contributed by atoms with Crippen LogP contribution in [-0.4, -0.2) is 75.5 Å². The number of hydrogen-bond acceptors (Lipinski definition) is 6. The summed E-state index contributed by atoms with van der Waals surface area (Å²) in [7, 11) is 3.92. The fourth-order valence-electron chi connectivity index (χ4n) is 3.68. The fraction of sp³-hybridized carbons (Fsp3) is 0.368. The van der Waals surface area contributed by atoms with Crippen LogP contribution in [0.1, 0.15) is 27.1 Å². The highest BCUT2D eigenvalue weighted by atomic mass is 16.3. The van der Waals surface area contributed by atoms with Gasteiger partial charge in [-0.1, -0.05) is 17.3 Å². The lowest BCUT2D eigenvalue weighted by Crippen LogP contribution is -2.41. The number of fused-ring (bicyclic) bond motifs is 2. The first-order valence-electron chi connectivity index (χ1n) is 8.93. The molecular formula is C19H21N5O3. The van der Waals surface area contributed by atoms with Gasteiger partial charge in [0.25, 0.3) is 11.8 Å². The van der Waals surface area contributed by atoms with E-state index in [1.54, 1.807) is 16.8 Å². The zero-order chi connectivity index (χ0) is 19.1. The number of aromatic nitrogens is 3. The molecule has 27 heavy (non-hydrogen) atoms. The van der Waals surface area contributed by atoms with Crippen molar-refractivity contribution < 1.29 is 14.7 Å². The quantitative estimate of drug-likeness (QED) is 0.657. The molecule has 0 aliphatic carbocycles. The molecule has 140 valence electrons. The van der Waals surface area contributed by atoms with E-state index in [1.807, 2.05) is 31.1 Å². The van der Waals surface area contributed by atoms with Crippen molar-refractivity contribution in [1.82, 2.24) is 24.8 Å². The molecule has 0 saturated carbocycles. The van der Waals surface area contributed by atoms with Crippen LogP contribution in [0.5, 0.6) is 0 Å². The molecule has 4 rings (SSSR count). The van der Waals surface area contributed by atoms with Crippen LogP contribution in [0.25, 0.3) is 21.8 Å². The third kappa shape index (κ3) is 2.77. The van der Waals surface area contributed by atoms with Crippen LogP contribution in [0.2, 0.25) is 0 Å². The molecular weight excluding hydrogens is 346 g/mol. The molecule has 8 nitrogen and oxygen atoms in total. The second-order valence-corrected chi connectivity index (χ2v) is 6.97. The van der Waals surface area contributed by atoms with Gasteiger partial charge in [0.1, 0.15) is 5.52 Å². The van der Waals surface area contributed by atoms with Gasteiger partial charge in [-0.3, -0.25) is 14.5 Å². The topological polar surface area (TPSA) is 91.6 Å². The number of carbonyl (C=O) groups is 2. The van der Waals surface area contributed by atoms with Crippen LogP contribution in [0.15, 0.2) is 24.3 Å². The van der Waals surface area contributed by atoms with Crippen LogP contribution in [-0.2, 0) is 6.54 Å². The highest BCUT2D eigenvalue weighted by Crippen LogP contribution is 2.34. The van der Waals surface area contributed by atoms with Crippen molar-refractivity contribution in [2.45, 2.75) is 13.0 Å². The summed E-state index contributed by atoms with van der Waals surface area (Å²) in [6.45, 7) is 1.40. The summed E-state index contributed by atoms with van der Waals surface area (Å²) >= 11 is 0. The molecule has 0 spiro atoms. The maximum atomic E-state index is 13.1. The van der Waals surface area contributed by atoms with Gasteiger partial charge in [-0.15, -0.1) is 5.10 Å². The molecule has 1 aliphatic rings. The van der Waals surface area contributed by atoms with E-state index in [-0.39, 0.29) is 18.4 Å². The number of rotatable bonds is 6. The monoisotopic (exact) mass is 367 g/mol. The third-order valence-corrected chi connectivity index (χ3v) is 4.88. The molecule has 1 aliphatic heterocycles. The van der Waals surface area contributed by atoms with Crippen molar-refractivity contribution in [2.24, 2.45) is 0 Å². The minimum absolute atomic E-state index is 0.0705. The Labute approximate surface area is 156 Å². The van der Waals surface area contributed by atoms with E-state index in [0.717, 1.165) is 17.4 Å². The van der Waals surface area contributed by atoms with Crippen molar-refractivity contribution in [3.05, 3.63) is 35.4 Å². The molecule has 0 bridgehead atoms. The van der Waals surface area contributed by atoms with Crippen molar-refractivity contribution in [3.63, 3.8) is 0 Å². The number of imide groups is 1. The Balaban J connectivity index is 1.87. The molecule has 0 unspecified atom stereocenters. The number of amides is 2. The zero-order valence-electron chi connectivity index (χ0n) is 15.3. The minimum Gasteiger partial charge on any atom is -0.394 e. The Morgan fingerprint density at radius 2 is 1.89 bits per heavy atom. The predicted molar refractivity (Wildman–Crippen MR) is 101 cm³/mol. The number of hydrogen-bond donors (Lipinski definition) is 1. The maximum absolute atomic E-state index is 13.1. The predicted octanol–water partition coefficient (Wildman–Crippen LogP) is 1.12. The second-order valence-electron chi connectivity index (χ2n) is 6.97. The van der Waals surface area contributed by atoms with E-state index in [2.05, 4.69) is 10.3 Å². The second kappa shape index (κ2) is 6.71. The van der Waals surface area contributed by atoms with Gasteiger partial charge in [-0.25, -0.2) is 4.68 Å². The summed E-state index contributed by atoms with van der Waals surface area (Å²) in [5, 5.41) is 18.9. The summed E-state index contributed by atoms with van der Waals surface area (Å²) in [6, 6.07) is 7.13. The Kier molecular flexibility index (Phi) is 4.37. The minimum atomic E-state index is -0.291. The molecule has 2 heterocycles. The number of aliphatic hydroxyl groups is 1. The Bertz CT molecular complexity index is 1060. The van der Waals surface area contributed by atoms with E-state index < -0.39 is 0 Å². The summed E-state index contributed by atoms with van der Waals surface area (Å²) < 4.78 is 1.61. The Morgan fingerprint density at radius 1 is 1.11 bits per heavy atom. The standard InChI is InChI=1S/C19H21N5O3/c1-22(2)7-4-8-23-18(26)13-6-3-5-12-16(13)14(19(23)27)11-15-17(12)24(9-10-25)21-20-15/h3,5-6,11,25H,4,7-10H2,1-2H3. The number of nitrogens with zero attached hydrogens (tertiary/aromatic N) is 5. The normalized spacial score (nSPS) is 14.1. The summed E-state index contributed by atoms with van der Waals surface area (Å²) in [6.07, 6.45) is 0.713. The highest BCUT2D eigenvalue weighted by Gasteiger charge is 2.33. The van der Waals surface area contributed by atoms with Crippen molar-refractivity contribution in [3.8, 4) is 0 Å². The summed E-state index contributed by atoms with van der Waals surface area (Å²) in [5.74, 6) is -0.557. The van der Waals surface area contributed by atoms with Gasteiger partial charge in [0.2, 0.25) is 0 Å². The van der Waals surface area contributed by atoms with Crippen molar-refractivity contribution in [1.29, 1.82) is 0 Å². The lowest BCUT2D eigenvalue weighted by molar-refractivity contribution is 0.0606. The number of carbonyl (C=O) groups excluding carboxylic acids is 2. The van der Waals surface area contributed by atoms with Crippen LogP contribution in [0.4, 0.5) is 0 Å². The van der Waals surface area contributed by atoms with Gasteiger partial charge in [-0.05, 0) is 39.2 Å². The lowest BCUT2D eigenvalue weighted by Gasteiger charge is -2.27. The molecule has 8 heteroatoms. The van der Waals surface area contributed by atoms with E-state index in [4.69, 9.17) is 0 Å². The van der Waals surface area contributed by atoms with E-state index >= 15 is 0 Å². The van der Waals surface area contributed by atoms with Crippen molar-refractivity contribution >= 4 is 33.6 Å². The molecule has 2 amide bonds. The molecule has 0 fully saturated rings. The Morgan fingerprint density at radius 3 is 2.63 bits per heavy atom. The van der Waals surface area contributed by atoms with Gasteiger partial charge in [-0.2, -0.15) is 0 Å². The first-order chi connectivity index (χ1) is 13.0.